The summed E-state index contributed by atoms with van der Waals surface area (Å²) in [6, 6.07) is 0. The van der Waals surface area contributed by atoms with Crippen molar-refractivity contribution in [2.24, 2.45) is 0 Å². The maximum Gasteiger partial charge on any atom is 0.142 e. The summed E-state index contributed by atoms with van der Waals surface area (Å²) in [6.07, 6.45) is 6.90. The van der Waals surface area contributed by atoms with E-state index in [0.29, 0.717) is 0 Å². The van der Waals surface area contributed by atoms with Gasteiger partial charge in [0.05, 0.1) is 0 Å². The molecule has 0 aromatic carbocycles. The van der Waals surface area contributed by atoms with Crippen molar-refractivity contribution in [2.75, 3.05) is 0 Å². The minimum atomic E-state index is 0.770. The highest BCUT2D eigenvalue weighted by Crippen LogP contribution is 1.78. The van der Waals surface area contributed by atoms with Crippen molar-refractivity contribution >= 4 is 0 Å². The van der Waals surface area contributed by atoms with Gasteiger partial charge < -0.3 is 0 Å². The molecule has 0 unspecified atom stereocenters. The SMILES string of the molecule is CC/C=C/C=C/[O]. The van der Waals surface area contributed by atoms with E-state index in [9.17, 15) is 5.11 Å². The van der Waals surface area contributed by atoms with E-state index in [1.807, 2.05) is 13.0 Å². The number of rotatable bonds is 2. The maximum absolute atomic E-state index is 9.57. The van der Waals surface area contributed by atoms with Crippen LogP contribution in [-0.4, -0.2) is 0 Å². The molecular formula is C6H9O. The van der Waals surface area contributed by atoms with E-state index < -0.39 is 0 Å². The van der Waals surface area contributed by atoms with Gasteiger partial charge in [-0.05, 0) is 12.5 Å². The van der Waals surface area contributed by atoms with Gasteiger partial charge in [0, 0.05) is 0 Å². The molecule has 0 rings (SSSR count). The molecule has 0 amide bonds. The predicted octanol–water partition coefficient (Wildman–Crippen LogP) is 1.90. The van der Waals surface area contributed by atoms with E-state index in [-0.39, 0.29) is 0 Å². The molecule has 0 spiro atoms. The molecule has 1 nitrogen and oxygen atoms in total. The third-order valence-electron chi connectivity index (χ3n) is 0.561. The summed E-state index contributed by atoms with van der Waals surface area (Å²) in [6.45, 7) is 2.02. The van der Waals surface area contributed by atoms with Crippen LogP contribution >= 0.6 is 0 Å². The van der Waals surface area contributed by atoms with Crippen LogP contribution in [0.3, 0.4) is 0 Å². The second-order valence-electron chi connectivity index (χ2n) is 1.16. The van der Waals surface area contributed by atoms with Gasteiger partial charge in [-0.1, -0.05) is 19.1 Å². The van der Waals surface area contributed by atoms with Crippen LogP contribution in [0.5, 0.6) is 0 Å². The van der Waals surface area contributed by atoms with Crippen LogP contribution in [-0.2, 0) is 5.11 Å². The van der Waals surface area contributed by atoms with E-state index in [1.54, 1.807) is 6.08 Å². The first-order chi connectivity index (χ1) is 3.41. The van der Waals surface area contributed by atoms with Gasteiger partial charge in [0.25, 0.3) is 0 Å². The van der Waals surface area contributed by atoms with Gasteiger partial charge in [-0.3, -0.25) is 5.11 Å². The Kier molecular flexibility index (Phi) is 4.74. The minimum absolute atomic E-state index is 0.770. The van der Waals surface area contributed by atoms with Crippen LogP contribution in [0.2, 0.25) is 0 Å². The van der Waals surface area contributed by atoms with Crippen LogP contribution in [0, 0.1) is 0 Å². The molecule has 0 aliphatic heterocycles. The zero-order valence-corrected chi connectivity index (χ0v) is 4.42. The molecule has 1 heteroatoms. The first-order valence-corrected chi connectivity index (χ1v) is 2.35. The number of allylic oxidation sites excluding steroid dienone is 3. The Morgan fingerprint density at radius 3 is 2.57 bits per heavy atom. The summed E-state index contributed by atoms with van der Waals surface area (Å²) in [5.74, 6) is 0. The quantitative estimate of drug-likeness (QED) is 0.370. The van der Waals surface area contributed by atoms with Gasteiger partial charge >= 0.3 is 0 Å². The second-order valence-corrected chi connectivity index (χ2v) is 1.16. The molecule has 7 heavy (non-hydrogen) atoms. The molecule has 0 aliphatic rings. The first-order valence-electron chi connectivity index (χ1n) is 2.35. The van der Waals surface area contributed by atoms with Crippen LogP contribution in [0.15, 0.2) is 24.5 Å². The lowest BCUT2D eigenvalue weighted by Crippen LogP contribution is -1.49. The fourth-order valence-electron chi connectivity index (χ4n) is 0.260. The largest absolute Gasteiger partial charge is 0.299 e. The smallest absolute Gasteiger partial charge is 0.142 e. The van der Waals surface area contributed by atoms with Crippen molar-refractivity contribution in [3.63, 3.8) is 0 Å². The van der Waals surface area contributed by atoms with Gasteiger partial charge in [-0.25, -0.2) is 0 Å². The lowest BCUT2D eigenvalue weighted by molar-refractivity contribution is 0.352. The van der Waals surface area contributed by atoms with E-state index in [4.69, 9.17) is 0 Å². The molecule has 0 bridgehead atoms. The van der Waals surface area contributed by atoms with Crippen molar-refractivity contribution in [3.8, 4) is 0 Å². The third kappa shape index (κ3) is 5.28. The Balaban J connectivity index is 3.09. The molecule has 0 fully saturated rings. The molecule has 1 radical (unpaired) electrons. The molecule has 39 valence electrons. The highest BCUT2D eigenvalue weighted by atomic mass is 16.2. The molecule has 0 aromatic heterocycles. The molecule has 0 heterocycles. The minimum Gasteiger partial charge on any atom is -0.299 e. The maximum atomic E-state index is 9.57. The second kappa shape index (κ2) is 5.28. The molecule has 0 saturated heterocycles. The average Bonchev–Trinajstić information content (AvgIpc) is 1.69. The van der Waals surface area contributed by atoms with Crippen LogP contribution < -0.4 is 0 Å². The summed E-state index contributed by atoms with van der Waals surface area (Å²) in [4.78, 5) is 0. The van der Waals surface area contributed by atoms with Gasteiger partial charge in [-0.15, -0.1) is 0 Å². The van der Waals surface area contributed by atoms with Gasteiger partial charge in [0.15, 0.2) is 0 Å². The molecule has 0 aromatic rings. The van der Waals surface area contributed by atoms with Gasteiger partial charge in [-0.2, -0.15) is 0 Å². The Labute approximate surface area is 44.0 Å². The molecule has 0 aliphatic carbocycles. The highest BCUT2D eigenvalue weighted by Gasteiger charge is 1.59. The van der Waals surface area contributed by atoms with Gasteiger partial charge in [0.1, 0.15) is 6.26 Å². The first kappa shape index (κ1) is 6.28. The summed E-state index contributed by atoms with van der Waals surface area (Å²) < 4.78 is 0. The Morgan fingerprint density at radius 1 is 1.43 bits per heavy atom. The monoisotopic (exact) mass is 97.1 g/mol. The third-order valence-corrected chi connectivity index (χ3v) is 0.561. The zero-order chi connectivity index (χ0) is 5.54. The van der Waals surface area contributed by atoms with Crippen molar-refractivity contribution in [3.05, 3.63) is 24.5 Å². The Hall–Kier alpha value is -0.720. The lowest BCUT2D eigenvalue weighted by Gasteiger charge is -1.68. The Bertz CT molecular complexity index is 72.2. The fourth-order valence-corrected chi connectivity index (χ4v) is 0.260. The van der Waals surface area contributed by atoms with Gasteiger partial charge in [0.2, 0.25) is 0 Å². The summed E-state index contributed by atoms with van der Waals surface area (Å²) >= 11 is 0. The molecule has 0 N–H and O–H groups in total. The van der Waals surface area contributed by atoms with E-state index in [1.165, 1.54) is 6.08 Å². The molecule has 0 saturated carbocycles. The van der Waals surface area contributed by atoms with Crippen molar-refractivity contribution in [1.29, 1.82) is 0 Å². The van der Waals surface area contributed by atoms with Crippen LogP contribution in [0.4, 0.5) is 0 Å². The number of hydrogen-bond donors (Lipinski definition) is 0. The average molecular weight is 97.1 g/mol. The summed E-state index contributed by atoms with van der Waals surface area (Å²) in [5.41, 5.74) is 0. The van der Waals surface area contributed by atoms with Crippen LogP contribution in [0.1, 0.15) is 13.3 Å². The van der Waals surface area contributed by atoms with E-state index in [0.717, 1.165) is 12.7 Å². The topological polar surface area (TPSA) is 19.9 Å². The predicted molar refractivity (Wildman–Crippen MR) is 29.3 cm³/mol. The normalized spacial score (nSPS) is 11.6. The van der Waals surface area contributed by atoms with Crippen molar-refractivity contribution in [2.45, 2.75) is 13.3 Å². The van der Waals surface area contributed by atoms with Crippen LogP contribution in [0.25, 0.3) is 0 Å². The summed E-state index contributed by atoms with van der Waals surface area (Å²) in [7, 11) is 0. The lowest BCUT2D eigenvalue weighted by atomic mass is 10.4. The standard InChI is InChI=1S/C6H9O/c1-2-3-4-5-6-7/h3-6H,2H2,1H3/b4-3+,6-5+. The Morgan fingerprint density at radius 2 is 2.14 bits per heavy atom. The summed E-state index contributed by atoms with van der Waals surface area (Å²) in [5, 5.41) is 9.57. The highest BCUT2D eigenvalue weighted by molar-refractivity contribution is 4.98. The van der Waals surface area contributed by atoms with Crippen molar-refractivity contribution in [1.82, 2.24) is 0 Å². The molecule has 0 atom stereocenters. The van der Waals surface area contributed by atoms with E-state index >= 15 is 0 Å². The zero-order valence-electron chi connectivity index (χ0n) is 4.42. The molecular weight excluding hydrogens is 88.1 g/mol. The van der Waals surface area contributed by atoms with Crippen molar-refractivity contribution < 1.29 is 5.11 Å². The fraction of sp³-hybridized carbons (Fsp3) is 0.333. The van der Waals surface area contributed by atoms with E-state index in [2.05, 4.69) is 0 Å². The number of hydrogen-bond acceptors (Lipinski definition) is 0.